The molecule has 3 heteroatoms. The Morgan fingerprint density at radius 2 is 1.94 bits per heavy atom. The molecule has 1 saturated carbocycles. The average molecular weight is 251 g/mol. The van der Waals surface area contributed by atoms with E-state index in [9.17, 15) is 0 Å². The van der Waals surface area contributed by atoms with Crippen molar-refractivity contribution in [1.29, 1.82) is 0 Å². The van der Waals surface area contributed by atoms with Crippen LogP contribution in [0.5, 0.6) is 0 Å². The van der Waals surface area contributed by atoms with Crippen molar-refractivity contribution in [3.63, 3.8) is 0 Å². The van der Waals surface area contributed by atoms with Crippen LogP contribution < -0.4 is 5.32 Å². The molecule has 0 spiro atoms. The van der Waals surface area contributed by atoms with Crippen LogP contribution in [-0.4, -0.2) is 61.7 Å². The van der Waals surface area contributed by atoms with Crippen LogP contribution in [0.1, 0.15) is 38.5 Å². The number of hydrogen-bond acceptors (Lipinski definition) is 3. The van der Waals surface area contributed by atoms with E-state index in [-0.39, 0.29) is 0 Å². The lowest BCUT2D eigenvalue weighted by atomic mass is 9.97. The fourth-order valence-electron chi connectivity index (χ4n) is 4.35. The number of nitrogens with zero attached hydrogens (tertiary/aromatic N) is 2. The van der Waals surface area contributed by atoms with E-state index in [4.69, 9.17) is 0 Å². The second kappa shape index (κ2) is 5.89. The van der Waals surface area contributed by atoms with Crippen molar-refractivity contribution >= 4 is 0 Å². The Bertz CT molecular complexity index is 268. The van der Waals surface area contributed by atoms with Gasteiger partial charge in [0.15, 0.2) is 0 Å². The van der Waals surface area contributed by atoms with Crippen LogP contribution in [0.15, 0.2) is 0 Å². The number of piperazine rings is 1. The first kappa shape index (κ1) is 12.9. The van der Waals surface area contributed by atoms with Gasteiger partial charge in [-0.2, -0.15) is 0 Å². The van der Waals surface area contributed by atoms with Crippen molar-refractivity contribution in [1.82, 2.24) is 15.1 Å². The van der Waals surface area contributed by atoms with Gasteiger partial charge < -0.3 is 10.2 Å². The maximum Gasteiger partial charge on any atom is 0.0223 e. The lowest BCUT2D eigenvalue weighted by Gasteiger charge is -2.45. The van der Waals surface area contributed by atoms with E-state index < -0.39 is 0 Å². The summed E-state index contributed by atoms with van der Waals surface area (Å²) in [4.78, 5) is 5.50. The van der Waals surface area contributed by atoms with Crippen molar-refractivity contribution in [2.45, 2.75) is 50.6 Å². The molecular formula is C15H29N3. The molecule has 0 bridgehead atoms. The van der Waals surface area contributed by atoms with Gasteiger partial charge in [0.25, 0.3) is 0 Å². The van der Waals surface area contributed by atoms with Gasteiger partial charge >= 0.3 is 0 Å². The Hall–Kier alpha value is -0.120. The highest BCUT2D eigenvalue weighted by atomic mass is 15.3. The highest BCUT2D eigenvalue weighted by molar-refractivity contribution is 4.89. The zero-order valence-electron chi connectivity index (χ0n) is 11.9. The number of fused-ring (bicyclic) bond motifs is 1. The molecule has 3 fully saturated rings. The lowest BCUT2D eigenvalue weighted by Crippen LogP contribution is -2.56. The van der Waals surface area contributed by atoms with Crippen molar-refractivity contribution in [2.75, 3.05) is 39.8 Å². The van der Waals surface area contributed by atoms with E-state index >= 15 is 0 Å². The summed E-state index contributed by atoms with van der Waals surface area (Å²) < 4.78 is 0. The zero-order chi connectivity index (χ0) is 12.4. The van der Waals surface area contributed by atoms with Crippen molar-refractivity contribution in [3.8, 4) is 0 Å². The highest BCUT2D eigenvalue weighted by Crippen LogP contribution is 2.28. The molecule has 0 amide bonds. The molecule has 2 saturated heterocycles. The second-order valence-electron chi connectivity index (χ2n) is 6.53. The van der Waals surface area contributed by atoms with E-state index in [1.165, 1.54) is 71.2 Å². The molecule has 0 aromatic carbocycles. The maximum atomic E-state index is 3.52. The normalized spacial score (nSPS) is 38.8. The first-order valence-electron chi connectivity index (χ1n) is 8.00. The number of hydrogen-bond donors (Lipinski definition) is 1. The first-order valence-corrected chi connectivity index (χ1v) is 8.00. The summed E-state index contributed by atoms with van der Waals surface area (Å²) >= 11 is 0. The molecule has 104 valence electrons. The fourth-order valence-corrected chi connectivity index (χ4v) is 4.35. The second-order valence-corrected chi connectivity index (χ2v) is 6.53. The minimum Gasteiger partial charge on any atom is -0.317 e. The van der Waals surface area contributed by atoms with E-state index in [0.29, 0.717) is 0 Å². The molecular weight excluding hydrogens is 222 g/mol. The average Bonchev–Trinajstić information content (AvgIpc) is 2.86. The third-order valence-electron chi connectivity index (χ3n) is 5.44. The monoisotopic (exact) mass is 251 g/mol. The summed E-state index contributed by atoms with van der Waals surface area (Å²) in [5.74, 6) is 0.908. The third-order valence-corrected chi connectivity index (χ3v) is 5.44. The Kier molecular flexibility index (Phi) is 4.22. The highest BCUT2D eigenvalue weighted by Gasteiger charge is 2.32. The summed E-state index contributed by atoms with van der Waals surface area (Å²) in [5.41, 5.74) is 0. The molecule has 3 unspecified atom stereocenters. The van der Waals surface area contributed by atoms with E-state index in [2.05, 4.69) is 22.2 Å². The largest absolute Gasteiger partial charge is 0.317 e. The molecule has 3 aliphatic rings. The van der Waals surface area contributed by atoms with Crippen LogP contribution in [0.3, 0.4) is 0 Å². The molecule has 3 rings (SSSR count). The summed E-state index contributed by atoms with van der Waals surface area (Å²) in [6, 6.07) is 1.66. The standard InChI is InChI=1S/C15H29N3/c1-16-15-7-4-5-13(15)11-17-9-10-18-8-3-2-6-14(18)12-17/h13-16H,2-12H2,1H3. The molecule has 1 N–H and O–H groups in total. The zero-order valence-corrected chi connectivity index (χ0v) is 11.9. The van der Waals surface area contributed by atoms with Gasteiger partial charge in [0.2, 0.25) is 0 Å². The quantitative estimate of drug-likeness (QED) is 0.821. The van der Waals surface area contributed by atoms with Crippen molar-refractivity contribution in [3.05, 3.63) is 0 Å². The van der Waals surface area contributed by atoms with Gasteiger partial charge in [-0.1, -0.05) is 12.8 Å². The predicted molar refractivity (Wildman–Crippen MR) is 75.8 cm³/mol. The van der Waals surface area contributed by atoms with Crippen LogP contribution in [0.4, 0.5) is 0 Å². The van der Waals surface area contributed by atoms with Crippen LogP contribution >= 0.6 is 0 Å². The Balaban J connectivity index is 1.51. The van der Waals surface area contributed by atoms with Gasteiger partial charge in [0.05, 0.1) is 0 Å². The van der Waals surface area contributed by atoms with Gasteiger partial charge in [-0.3, -0.25) is 4.90 Å². The summed E-state index contributed by atoms with van der Waals surface area (Å²) in [7, 11) is 2.14. The van der Waals surface area contributed by atoms with Crippen LogP contribution in [-0.2, 0) is 0 Å². The summed E-state index contributed by atoms with van der Waals surface area (Å²) in [6.45, 7) is 6.68. The molecule has 1 aliphatic carbocycles. The number of nitrogens with one attached hydrogen (secondary N) is 1. The summed E-state index contributed by atoms with van der Waals surface area (Å²) in [5, 5.41) is 3.52. The lowest BCUT2D eigenvalue weighted by molar-refractivity contribution is 0.0404. The molecule has 3 atom stereocenters. The minimum absolute atomic E-state index is 0.786. The van der Waals surface area contributed by atoms with E-state index in [1.54, 1.807) is 0 Å². The molecule has 2 heterocycles. The van der Waals surface area contributed by atoms with Crippen LogP contribution in [0.25, 0.3) is 0 Å². The van der Waals surface area contributed by atoms with Crippen molar-refractivity contribution < 1.29 is 0 Å². The molecule has 0 aromatic rings. The molecule has 0 aromatic heterocycles. The van der Waals surface area contributed by atoms with Gasteiger partial charge in [-0.25, -0.2) is 0 Å². The minimum atomic E-state index is 0.786. The fraction of sp³-hybridized carbons (Fsp3) is 1.00. The first-order chi connectivity index (χ1) is 8.86. The van der Waals surface area contributed by atoms with Gasteiger partial charge in [0.1, 0.15) is 0 Å². The Morgan fingerprint density at radius 3 is 2.83 bits per heavy atom. The van der Waals surface area contributed by atoms with Gasteiger partial charge in [-0.15, -0.1) is 0 Å². The Morgan fingerprint density at radius 1 is 1.00 bits per heavy atom. The maximum absolute atomic E-state index is 3.52. The summed E-state index contributed by atoms with van der Waals surface area (Å²) in [6.07, 6.45) is 8.59. The molecule has 0 radical (unpaired) electrons. The van der Waals surface area contributed by atoms with Gasteiger partial charge in [-0.05, 0) is 45.2 Å². The Labute approximate surface area is 112 Å². The number of rotatable bonds is 3. The smallest absolute Gasteiger partial charge is 0.0223 e. The van der Waals surface area contributed by atoms with Crippen molar-refractivity contribution in [2.24, 2.45) is 5.92 Å². The van der Waals surface area contributed by atoms with Gasteiger partial charge in [0, 0.05) is 38.3 Å². The SMILES string of the molecule is CNC1CCCC1CN1CCN2CCCCC2C1. The third kappa shape index (κ3) is 2.73. The topological polar surface area (TPSA) is 18.5 Å². The predicted octanol–water partition coefficient (Wildman–Crippen LogP) is 1.54. The van der Waals surface area contributed by atoms with E-state index in [0.717, 1.165) is 18.0 Å². The van der Waals surface area contributed by atoms with Crippen LogP contribution in [0.2, 0.25) is 0 Å². The van der Waals surface area contributed by atoms with E-state index in [1.807, 2.05) is 0 Å². The number of piperidine rings is 1. The molecule has 18 heavy (non-hydrogen) atoms. The molecule has 2 aliphatic heterocycles. The molecule has 3 nitrogen and oxygen atoms in total. The van der Waals surface area contributed by atoms with Crippen LogP contribution in [0, 0.1) is 5.92 Å².